The standard InChI is InChI=1S/C36H52N10O21P2/c1-19-42-44-31(45-43-19)20-2-4-21(5-3-20)62-15-14-61-13-12-60-11-10-59-9-8-58-7-6-24(47)38-16-22-26(48)28(50)30(52)35(65-22)66-69(56,57)67-68(54,55)63-17-23-27(49)29(51)34(64-23)46-18-39-25-32(46)40-36(37)41-33(25)53/h2-5,18,22-23,26-30,34-35,48-52H,6-17H2,1H3,(H,38,47)(H,54,55)(H,56,57)(H3,37,40,41,53)/t22?,23-,26-,27+,28?,29?,30+,34-,35-/m1/s1. The van der Waals surface area contributed by atoms with Crippen molar-refractivity contribution < 1.29 is 95.8 Å². The predicted octanol–water partition coefficient (Wildman–Crippen LogP) is -3.41. The third kappa shape index (κ3) is 15.4. The first-order valence-electron chi connectivity index (χ1n) is 20.9. The first kappa shape index (κ1) is 53.7. The number of imidazole rings is 1. The van der Waals surface area contributed by atoms with Crippen molar-refractivity contribution in [2.24, 2.45) is 0 Å². The highest BCUT2D eigenvalue weighted by Crippen LogP contribution is 2.61. The van der Waals surface area contributed by atoms with Crippen molar-refractivity contribution in [3.8, 4) is 17.1 Å². The lowest BCUT2D eigenvalue weighted by Gasteiger charge is -2.40. The maximum Gasteiger partial charge on any atom is 0.483 e. The number of aliphatic hydroxyl groups excluding tert-OH is 5. The summed E-state index contributed by atoms with van der Waals surface area (Å²) >= 11 is 0. The minimum atomic E-state index is -5.73. The molecule has 33 heteroatoms. The molecule has 2 aliphatic heterocycles. The Labute approximate surface area is 390 Å². The van der Waals surface area contributed by atoms with E-state index in [1.165, 1.54) is 0 Å². The Morgan fingerprint density at radius 2 is 1.41 bits per heavy atom. The van der Waals surface area contributed by atoms with Crippen molar-refractivity contribution >= 4 is 38.7 Å². The zero-order valence-electron chi connectivity index (χ0n) is 36.5. The van der Waals surface area contributed by atoms with Crippen LogP contribution in [0.1, 0.15) is 18.5 Å². The van der Waals surface area contributed by atoms with Crippen molar-refractivity contribution in [1.29, 1.82) is 0 Å². The van der Waals surface area contributed by atoms with E-state index < -0.39 is 95.5 Å². The molecule has 3 aromatic heterocycles. The van der Waals surface area contributed by atoms with Crippen LogP contribution in [0, 0.1) is 6.92 Å². The number of amides is 1. The van der Waals surface area contributed by atoms with Gasteiger partial charge in [-0.2, -0.15) is 9.29 Å². The minimum absolute atomic E-state index is 0.0323. The summed E-state index contributed by atoms with van der Waals surface area (Å²) in [7, 11) is -11.3. The SMILES string of the molecule is Cc1nnc(-c2ccc(OCCOCCOCCOCCOCCC(=O)NCC3O[C@H](OP(=O)(O)OP(=O)(O)OC[C@H]4O[C@@H](n5cnc6c(=O)[nH]c(N)nc65)C(O)[C@H]4O)[C@@H](O)C(O)[C@@H]3O)cc2)nn1. The summed E-state index contributed by atoms with van der Waals surface area (Å²) in [6, 6.07) is 7.18. The summed E-state index contributed by atoms with van der Waals surface area (Å²) in [6.07, 6.45) is -15.6. The van der Waals surface area contributed by atoms with E-state index in [1.54, 1.807) is 31.2 Å². The van der Waals surface area contributed by atoms with E-state index in [2.05, 4.69) is 45.0 Å². The average molecular weight is 1020 g/mol. The zero-order chi connectivity index (χ0) is 49.7. The summed E-state index contributed by atoms with van der Waals surface area (Å²) in [5.41, 5.74) is 5.31. The van der Waals surface area contributed by atoms with Crippen LogP contribution in [0.2, 0.25) is 0 Å². The van der Waals surface area contributed by atoms with Gasteiger partial charge in [-0.05, 0) is 31.2 Å². The number of nitrogen functional groups attached to an aromatic ring is 1. The summed E-state index contributed by atoms with van der Waals surface area (Å²) in [5, 5.41) is 70.5. The fourth-order valence-corrected chi connectivity index (χ4v) is 8.57. The first-order valence-corrected chi connectivity index (χ1v) is 23.9. The number of phosphoric ester groups is 2. The van der Waals surface area contributed by atoms with Crippen LogP contribution in [0.25, 0.3) is 22.6 Å². The van der Waals surface area contributed by atoms with Gasteiger partial charge < -0.3 is 79.5 Å². The van der Waals surface area contributed by atoms with E-state index in [0.717, 1.165) is 16.5 Å². The number of phosphoric acid groups is 2. The third-order valence-corrected chi connectivity index (χ3v) is 12.5. The Bertz CT molecular complexity index is 2420. The van der Waals surface area contributed by atoms with E-state index in [1.807, 2.05) is 0 Å². The van der Waals surface area contributed by atoms with Gasteiger partial charge in [0.25, 0.3) is 5.56 Å². The zero-order valence-corrected chi connectivity index (χ0v) is 38.3. The Hall–Kier alpha value is -4.60. The van der Waals surface area contributed by atoms with Gasteiger partial charge in [0, 0.05) is 18.5 Å². The molecular weight excluding hydrogens is 970 g/mol. The second-order valence-corrected chi connectivity index (χ2v) is 17.9. The summed E-state index contributed by atoms with van der Waals surface area (Å²) in [4.78, 5) is 55.0. The second-order valence-electron chi connectivity index (χ2n) is 14.9. The van der Waals surface area contributed by atoms with Gasteiger partial charge in [-0.25, -0.2) is 14.1 Å². The molecule has 31 nitrogen and oxygen atoms in total. The molecule has 11 atom stereocenters. The quantitative estimate of drug-likeness (QED) is 0.0205. The Kier molecular flexibility index (Phi) is 19.5. The molecule has 69 heavy (non-hydrogen) atoms. The van der Waals surface area contributed by atoms with Crippen LogP contribution in [0.3, 0.4) is 0 Å². The number of hydrogen-bond donors (Lipinski definition) is 10. The predicted molar refractivity (Wildman–Crippen MR) is 227 cm³/mol. The molecular formula is C36H52N10O21P2. The number of aromatic amines is 1. The van der Waals surface area contributed by atoms with E-state index in [0.29, 0.717) is 50.4 Å². The molecule has 0 saturated carbocycles. The van der Waals surface area contributed by atoms with Gasteiger partial charge in [-0.1, -0.05) is 0 Å². The molecule has 1 aromatic carbocycles. The van der Waals surface area contributed by atoms with Gasteiger partial charge in [0.15, 0.2) is 29.5 Å². The van der Waals surface area contributed by atoms with Crippen molar-refractivity contribution in [3.05, 3.63) is 46.8 Å². The lowest BCUT2D eigenvalue weighted by molar-refractivity contribution is -0.273. The number of carbonyl (C=O) groups is 1. The monoisotopic (exact) mass is 1020 g/mol. The lowest BCUT2D eigenvalue weighted by Crippen LogP contribution is -2.60. The van der Waals surface area contributed by atoms with E-state index in [4.69, 9.17) is 47.9 Å². The number of ether oxygens (including phenoxy) is 7. The lowest BCUT2D eigenvalue weighted by atomic mass is 9.99. The minimum Gasteiger partial charge on any atom is -0.491 e. The number of aromatic nitrogens is 8. The van der Waals surface area contributed by atoms with Gasteiger partial charge in [-0.3, -0.25) is 28.2 Å². The van der Waals surface area contributed by atoms with E-state index >= 15 is 0 Å². The molecule has 5 heterocycles. The largest absolute Gasteiger partial charge is 0.491 e. The molecule has 0 bridgehead atoms. The number of hydrogen-bond acceptors (Lipinski definition) is 26. The molecule has 5 unspecified atom stereocenters. The smallest absolute Gasteiger partial charge is 0.483 e. The van der Waals surface area contributed by atoms with Gasteiger partial charge >= 0.3 is 15.6 Å². The van der Waals surface area contributed by atoms with Gasteiger partial charge in [-0.15, -0.1) is 20.4 Å². The highest BCUT2D eigenvalue weighted by Gasteiger charge is 2.50. The molecule has 0 radical (unpaired) electrons. The number of aryl methyl sites for hydroxylation is 1. The highest BCUT2D eigenvalue weighted by atomic mass is 31.3. The fraction of sp³-hybridized carbons (Fsp3) is 0.611. The molecule has 11 N–H and O–H groups in total. The third-order valence-electron chi connectivity index (χ3n) is 9.85. The second kappa shape index (κ2) is 25.0. The van der Waals surface area contributed by atoms with Crippen molar-refractivity contribution in [3.63, 3.8) is 0 Å². The number of carbonyl (C=O) groups excluding carboxylic acids is 1. The number of H-pyrrole nitrogens is 1. The average Bonchev–Trinajstić information content (AvgIpc) is 3.85. The van der Waals surface area contributed by atoms with Crippen molar-refractivity contribution in [2.75, 3.05) is 78.3 Å². The molecule has 1 amide bonds. The van der Waals surface area contributed by atoms with Gasteiger partial charge in [0.1, 0.15) is 55.1 Å². The number of nitrogens with one attached hydrogen (secondary N) is 2. The van der Waals surface area contributed by atoms with Crippen molar-refractivity contribution in [2.45, 2.75) is 68.6 Å². The maximum absolute atomic E-state index is 12.8. The molecule has 2 fully saturated rings. The molecule has 0 aliphatic carbocycles. The number of benzene rings is 1. The van der Waals surface area contributed by atoms with Crippen LogP contribution < -0.4 is 21.3 Å². The number of aliphatic hydroxyl groups is 5. The summed E-state index contributed by atoms with van der Waals surface area (Å²) in [5.74, 6) is 0.669. The Morgan fingerprint density at radius 3 is 2.06 bits per heavy atom. The first-order chi connectivity index (χ1) is 32.9. The number of nitrogens with two attached hydrogens (primary N) is 1. The molecule has 0 spiro atoms. The fourth-order valence-electron chi connectivity index (χ4n) is 6.41. The Morgan fingerprint density at radius 1 is 0.797 bits per heavy atom. The maximum atomic E-state index is 12.8. The summed E-state index contributed by atoms with van der Waals surface area (Å²) in [6.45, 7) is 2.45. The van der Waals surface area contributed by atoms with Crippen molar-refractivity contribution in [1.82, 2.24) is 45.2 Å². The topological polar surface area (TPSA) is 438 Å². The highest BCUT2D eigenvalue weighted by molar-refractivity contribution is 7.61. The molecule has 382 valence electrons. The molecule has 6 rings (SSSR count). The summed E-state index contributed by atoms with van der Waals surface area (Å²) < 4.78 is 78.4. The van der Waals surface area contributed by atoms with E-state index in [-0.39, 0.29) is 50.0 Å². The van der Waals surface area contributed by atoms with Crippen LogP contribution >= 0.6 is 15.6 Å². The van der Waals surface area contributed by atoms with E-state index in [9.17, 15) is 54.0 Å². The Balaban J connectivity index is 0.798. The number of rotatable bonds is 27. The van der Waals surface area contributed by atoms with Crippen LogP contribution in [0.15, 0.2) is 35.4 Å². The molecule has 2 saturated heterocycles. The molecule has 2 aliphatic rings. The normalized spacial score (nSPS) is 25.6. The number of anilines is 1. The van der Waals surface area contributed by atoms with Crippen LogP contribution in [-0.4, -0.2) is 203 Å². The number of nitrogens with zero attached hydrogens (tertiary/aromatic N) is 7. The van der Waals surface area contributed by atoms with Gasteiger partial charge in [0.2, 0.25) is 17.7 Å². The van der Waals surface area contributed by atoms with Crippen LogP contribution in [0.4, 0.5) is 5.95 Å². The number of fused-ring (bicyclic) bond motifs is 1. The molecule has 4 aromatic rings. The van der Waals surface area contributed by atoms with Gasteiger partial charge in [0.05, 0.1) is 65.8 Å². The van der Waals surface area contributed by atoms with Crippen LogP contribution in [-0.2, 0) is 55.7 Å². The van der Waals surface area contributed by atoms with Crippen LogP contribution in [0.5, 0.6) is 5.75 Å².